The molecule has 0 atom stereocenters. The Balaban J connectivity index is 1.77. The van der Waals surface area contributed by atoms with E-state index in [0.717, 1.165) is 6.42 Å². The lowest BCUT2D eigenvalue weighted by molar-refractivity contribution is 0.224. The van der Waals surface area contributed by atoms with E-state index in [9.17, 15) is 0 Å². The van der Waals surface area contributed by atoms with Crippen LogP contribution in [0.1, 0.15) is 70.6 Å². The Morgan fingerprint density at radius 2 is 1.25 bits per heavy atom. The average Bonchev–Trinajstić information content (AvgIpc) is 2.34. The molecule has 1 aliphatic heterocycles. The summed E-state index contributed by atoms with van der Waals surface area (Å²) in [7, 11) is 0. The van der Waals surface area contributed by atoms with E-state index in [1.807, 2.05) is 0 Å². The summed E-state index contributed by atoms with van der Waals surface area (Å²) in [5, 5.41) is 0. The van der Waals surface area contributed by atoms with E-state index < -0.39 is 0 Å². The molecule has 1 heteroatoms. The molecule has 1 rings (SSSR count). The standard InChI is InChI=1S/C15H30N/c1-2-3-4-5-6-7-8-10-13-16-14-11-9-12-15-16/h1-15H2. The molecule has 0 amide bonds. The summed E-state index contributed by atoms with van der Waals surface area (Å²) in [6.45, 7) is 7.97. The van der Waals surface area contributed by atoms with Crippen LogP contribution in [0, 0.1) is 6.92 Å². The van der Waals surface area contributed by atoms with Gasteiger partial charge in [-0.25, -0.2) is 0 Å². The third kappa shape index (κ3) is 7.27. The van der Waals surface area contributed by atoms with Gasteiger partial charge in [-0.3, -0.25) is 0 Å². The first-order valence-electron chi connectivity index (χ1n) is 7.45. The predicted molar refractivity (Wildman–Crippen MR) is 72.6 cm³/mol. The fourth-order valence-corrected chi connectivity index (χ4v) is 2.58. The molecule has 0 bridgehead atoms. The molecular weight excluding hydrogens is 194 g/mol. The van der Waals surface area contributed by atoms with Crippen molar-refractivity contribution in [3.05, 3.63) is 6.92 Å². The zero-order valence-corrected chi connectivity index (χ0v) is 11.1. The smallest absolute Gasteiger partial charge is 0.00187 e. The van der Waals surface area contributed by atoms with Crippen LogP contribution in [0.4, 0.5) is 0 Å². The third-order valence-electron chi connectivity index (χ3n) is 3.67. The largest absolute Gasteiger partial charge is 0.303 e. The van der Waals surface area contributed by atoms with Gasteiger partial charge in [-0.15, -0.1) is 0 Å². The second-order valence-corrected chi connectivity index (χ2v) is 5.23. The van der Waals surface area contributed by atoms with E-state index in [1.54, 1.807) is 0 Å². The summed E-state index contributed by atoms with van der Waals surface area (Å²) in [6, 6.07) is 0. The van der Waals surface area contributed by atoms with E-state index in [-0.39, 0.29) is 0 Å². The van der Waals surface area contributed by atoms with Crippen molar-refractivity contribution in [1.29, 1.82) is 0 Å². The Morgan fingerprint density at radius 1 is 0.688 bits per heavy atom. The highest BCUT2D eigenvalue weighted by Gasteiger charge is 2.08. The normalized spacial score (nSPS) is 17.8. The second kappa shape index (κ2) is 10.1. The molecule has 0 spiro atoms. The van der Waals surface area contributed by atoms with E-state index in [2.05, 4.69) is 11.8 Å². The Hall–Kier alpha value is -0.0400. The van der Waals surface area contributed by atoms with Crippen LogP contribution < -0.4 is 0 Å². The number of piperidine rings is 1. The van der Waals surface area contributed by atoms with Crippen LogP contribution in [0.15, 0.2) is 0 Å². The maximum Gasteiger partial charge on any atom is -0.00187 e. The molecule has 0 N–H and O–H groups in total. The first-order chi connectivity index (χ1) is 7.93. The van der Waals surface area contributed by atoms with Gasteiger partial charge in [0, 0.05) is 0 Å². The first-order valence-corrected chi connectivity index (χ1v) is 7.45. The Bertz CT molecular complexity index is 138. The Morgan fingerprint density at radius 3 is 1.88 bits per heavy atom. The van der Waals surface area contributed by atoms with Crippen molar-refractivity contribution in [3.8, 4) is 0 Å². The number of hydrogen-bond donors (Lipinski definition) is 0. The number of likely N-dealkylation sites (tertiary alicyclic amines) is 1. The minimum atomic E-state index is 1.12. The molecule has 1 nitrogen and oxygen atoms in total. The minimum absolute atomic E-state index is 1.12. The highest BCUT2D eigenvalue weighted by atomic mass is 15.1. The summed E-state index contributed by atoms with van der Waals surface area (Å²) in [6.07, 6.45) is 15.4. The molecule has 16 heavy (non-hydrogen) atoms. The van der Waals surface area contributed by atoms with Gasteiger partial charge in [-0.2, -0.15) is 0 Å². The quantitative estimate of drug-likeness (QED) is 0.524. The number of rotatable bonds is 9. The highest BCUT2D eigenvalue weighted by molar-refractivity contribution is 4.64. The van der Waals surface area contributed by atoms with Gasteiger partial charge >= 0.3 is 0 Å². The zero-order valence-electron chi connectivity index (χ0n) is 11.1. The molecule has 0 saturated carbocycles. The maximum atomic E-state index is 3.88. The van der Waals surface area contributed by atoms with E-state index in [1.165, 1.54) is 83.8 Å². The van der Waals surface area contributed by atoms with Gasteiger partial charge in [-0.1, -0.05) is 58.3 Å². The lowest BCUT2D eigenvalue weighted by Gasteiger charge is -2.26. The van der Waals surface area contributed by atoms with Crippen molar-refractivity contribution in [3.63, 3.8) is 0 Å². The second-order valence-electron chi connectivity index (χ2n) is 5.23. The fraction of sp³-hybridized carbons (Fsp3) is 0.933. The van der Waals surface area contributed by atoms with Crippen LogP contribution >= 0.6 is 0 Å². The van der Waals surface area contributed by atoms with Gasteiger partial charge in [0.2, 0.25) is 0 Å². The van der Waals surface area contributed by atoms with Gasteiger partial charge in [0.1, 0.15) is 0 Å². The Labute approximate surface area is 103 Å². The fourth-order valence-electron chi connectivity index (χ4n) is 2.58. The number of hydrogen-bond acceptors (Lipinski definition) is 1. The summed E-state index contributed by atoms with van der Waals surface area (Å²) < 4.78 is 0. The Kier molecular flexibility index (Phi) is 8.88. The SMILES string of the molecule is [CH2]CCCCCCCCCN1CCCCC1. The van der Waals surface area contributed by atoms with Crippen LogP contribution in [0.5, 0.6) is 0 Å². The molecule has 1 fully saturated rings. The van der Waals surface area contributed by atoms with Crippen LogP contribution in [-0.4, -0.2) is 24.5 Å². The number of unbranched alkanes of at least 4 members (excludes halogenated alkanes) is 7. The van der Waals surface area contributed by atoms with Crippen LogP contribution in [0.3, 0.4) is 0 Å². The van der Waals surface area contributed by atoms with Crippen molar-refractivity contribution in [2.24, 2.45) is 0 Å². The molecular formula is C15H30N. The predicted octanol–water partition coefficient (Wildman–Crippen LogP) is 4.43. The van der Waals surface area contributed by atoms with Crippen molar-refractivity contribution < 1.29 is 0 Å². The van der Waals surface area contributed by atoms with Gasteiger partial charge in [0.15, 0.2) is 0 Å². The van der Waals surface area contributed by atoms with Crippen LogP contribution in [-0.2, 0) is 0 Å². The van der Waals surface area contributed by atoms with Crippen LogP contribution in [0.25, 0.3) is 0 Å². The van der Waals surface area contributed by atoms with E-state index >= 15 is 0 Å². The van der Waals surface area contributed by atoms with Gasteiger partial charge in [0.05, 0.1) is 0 Å². The van der Waals surface area contributed by atoms with E-state index in [0.29, 0.717) is 0 Å². The third-order valence-corrected chi connectivity index (χ3v) is 3.67. The average molecular weight is 224 g/mol. The molecule has 1 saturated heterocycles. The number of nitrogens with zero attached hydrogens (tertiary/aromatic N) is 1. The van der Waals surface area contributed by atoms with Gasteiger partial charge in [0.25, 0.3) is 0 Å². The van der Waals surface area contributed by atoms with Crippen molar-refractivity contribution in [2.75, 3.05) is 19.6 Å². The topological polar surface area (TPSA) is 3.24 Å². The molecule has 95 valence electrons. The van der Waals surface area contributed by atoms with Crippen molar-refractivity contribution >= 4 is 0 Å². The molecule has 0 aromatic rings. The molecule has 0 aromatic carbocycles. The molecule has 1 heterocycles. The first kappa shape index (κ1) is 14.0. The highest BCUT2D eigenvalue weighted by Crippen LogP contribution is 2.12. The lowest BCUT2D eigenvalue weighted by atomic mass is 10.1. The van der Waals surface area contributed by atoms with Crippen molar-refractivity contribution in [2.45, 2.75) is 70.6 Å². The molecule has 1 radical (unpaired) electrons. The van der Waals surface area contributed by atoms with Gasteiger partial charge in [-0.05, 0) is 38.9 Å². The molecule has 1 aliphatic rings. The zero-order chi connectivity index (χ0) is 11.5. The summed E-state index contributed by atoms with van der Waals surface area (Å²) in [4.78, 5) is 2.66. The van der Waals surface area contributed by atoms with E-state index in [4.69, 9.17) is 0 Å². The monoisotopic (exact) mass is 224 g/mol. The lowest BCUT2D eigenvalue weighted by Crippen LogP contribution is -2.30. The molecule has 0 unspecified atom stereocenters. The summed E-state index contributed by atoms with van der Waals surface area (Å²) >= 11 is 0. The summed E-state index contributed by atoms with van der Waals surface area (Å²) in [5.74, 6) is 0. The maximum absolute atomic E-state index is 3.88. The van der Waals surface area contributed by atoms with Crippen molar-refractivity contribution in [1.82, 2.24) is 4.90 Å². The molecule has 0 aromatic heterocycles. The van der Waals surface area contributed by atoms with Crippen LogP contribution in [0.2, 0.25) is 0 Å². The molecule has 0 aliphatic carbocycles. The van der Waals surface area contributed by atoms with Gasteiger partial charge < -0.3 is 4.90 Å². The summed E-state index contributed by atoms with van der Waals surface area (Å²) in [5.41, 5.74) is 0. The minimum Gasteiger partial charge on any atom is -0.303 e.